The van der Waals surface area contributed by atoms with Crippen LogP contribution in [0, 0.1) is 0 Å². The summed E-state index contributed by atoms with van der Waals surface area (Å²) in [5, 5.41) is 7.44. The number of hydrogen-bond donors (Lipinski definition) is 2. The second-order valence-electron chi connectivity index (χ2n) is 7.46. The number of nitrogens with one attached hydrogen (secondary N) is 1. The van der Waals surface area contributed by atoms with Crippen molar-refractivity contribution in [1.82, 2.24) is 20.0 Å². The monoisotopic (exact) mass is 414 g/mol. The molecule has 5 rings (SSSR count). The van der Waals surface area contributed by atoms with Gasteiger partial charge in [-0.3, -0.25) is 4.79 Å². The van der Waals surface area contributed by atoms with Crippen LogP contribution in [-0.4, -0.2) is 46.0 Å². The van der Waals surface area contributed by atoms with Gasteiger partial charge in [-0.2, -0.15) is 9.78 Å². The first-order chi connectivity index (χ1) is 15.2. The lowest BCUT2D eigenvalue weighted by Gasteiger charge is -2.10. The zero-order chi connectivity index (χ0) is 21.2. The van der Waals surface area contributed by atoms with Crippen LogP contribution >= 0.6 is 0 Å². The van der Waals surface area contributed by atoms with E-state index in [1.54, 1.807) is 6.21 Å². The number of nitrogen functional groups attached to an aromatic ring is 1. The van der Waals surface area contributed by atoms with Crippen LogP contribution in [0.15, 0.2) is 59.7 Å². The standard InChI is InChI=1S/C23H22N6O2/c24-21-19(23(30)25-14-16-9-6-12-31-16)20-22(28-18-11-5-4-10-17(18)27-20)29(21)26-13-15-7-2-1-3-8-15/h1-5,7-8,10-11,13,16H,6,9,12,14,24H2,(H,25,30)/b26-13+/t16-/m1/s1. The average molecular weight is 414 g/mol. The molecule has 8 heteroatoms. The minimum Gasteiger partial charge on any atom is -0.383 e. The molecule has 1 saturated heterocycles. The van der Waals surface area contributed by atoms with Crippen LogP contribution in [0.1, 0.15) is 28.8 Å². The third-order valence-corrected chi connectivity index (χ3v) is 5.34. The van der Waals surface area contributed by atoms with E-state index in [-0.39, 0.29) is 23.4 Å². The van der Waals surface area contributed by atoms with Crippen LogP contribution in [0.25, 0.3) is 22.2 Å². The fourth-order valence-electron chi connectivity index (χ4n) is 3.75. The lowest BCUT2D eigenvalue weighted by Crippen LogP contribution is -2.32. The normalized spacial score (nSPS) is 16.5. The highest BCUT2D eigenvalue weighted by atomic mass is 16.5. The zero-order valence-corrected chi connectivity index (χ0v) is 16.9. The Labute approximate surface area is 178 Å². The SMILES string of the molecule is Nc1c(C(=O)NC[C@H]2CCCO2)c2nc3ccccc3nc2n1/N=C/c1ccccc1. The number of nitrogens with zero attached hydrogens (tertiary/aromatic N) is 4. The van der Waals surface area contributed by atoms with Gasteiger partial charge in [0.25, 0.3) is 5.91 Å². The molecule has 3 heterocycles. The quantitative estimate of drug-likeness (QED) is 0.488. The Kier molecular flexibility index (Phi) is 5.05. The first-order valence-corrected chi connectivity index (χ1v) is 10.3. The number of rotatable bonds is 5. The van der Waals surface area contributed by atoms with Crippen molar-refractivity contribution in [3.05, 3.63) is 65.7 Å². The Morgan fingerprint density at radius 3 is 2.65 bits per heavy atom. The third kappa shape index (κ3) is 3.73. The molecule has 0 saturated carbocycles. The summed E-state index contributed by atoms with van der Waals surface area (Å²) in [7, 11) is 0. The predicted molar refractivity (Wildman–Crippen MR) is 120 cm³/mol. The van der Waals surface area contributed by atoms with E-state index in [0.717, 1.165) is 25.0 Å². The molecule has 0 unspecified atom stereocenters. The molecule has 1 amide bonds. The van der Waals surface area contributed by atoms with E-state index in [1.165, 1.54) is 4.68 Å². The molecule has 8 nitrogen and oxygen atoms in total. The number of carbonyl (C=O) groups excluding carboxylic acids is 1. The van der Waals surface area contributed by atoms with Gasteiger partial charge in [0.1, 0.15) is 16.9 Å². The average Bonchev–Trinajstić information content (AvgIpc) is 3.41. The van der Waals surface area contributed by atoms with E-state index in [4.69, 9.17) is 15.5 Å². The van der Waals surface area contributed by atoms with Gasteiger partial charge in [-0.25, -0.2) is 9.97 Å². The van der Waals surface area contributed by atoms with E-state index in [9.17, 15) is 4.79 Å². The van der Waals surface area contributed by atoms with Gasteiger partial charge in [-0.1, -0.05) is 42.5 Å². The number of carbonyl (C=O) groups is 1. The number of hydrogen-bond acceptors (Lipinski definition) is 6. The van der Waals surface area contributed by atoms with Gasteiger partial charge in [-0.05, 0) is 30.5 Å². The van der Waals surface area contributed by atoms with Crippen molar-refractivity contribution in [3.63, 3.8) is 0 Å². The van der Waals surface area contributed by atoms with Crippen LogP contribution in [0.3, 0.4) is 0 Å². The number of amides is 1. The Morgan fingerprint density at radius 2 is 1.90 bits per heavy atom. The number of fused-ring (bicyclic) bond motifs is 2. The number of nitrogens with two attached hydrogens (primary N) is 1. The molecule has 0 radical (unpaired) electrons. The highest BCUT2D eigenvalue weighted by molar-refractivity contribution is 6.10. The fraction of sp³-hybridized carbons (Fsp3) is 0.217. The van der Waals surface area contributed by atoms with Crippen molar-refractivity contribution in [3.8, 4) is 0 Å². The predicted octanol–water partition coefficient (Wildman–Crippen LogP) is 2.96. The minimum atomic E-state index is -0.309. The molecule has 0 aliphatic carbocycles. The van der Waals surface area contributed by atoms with Gasteiger partial charge >= 0.3 is 0 Å². The number of ether oxygens (including phenoxy) is 1. The van der Waals surface area contributed by atoms with Gasteiger partial charge in [-0.15, -0.1) is 0 Å². The molecular formula is C23H22N6O2. The Morgan fingerprint density at radius 1 is 1.16 bits per heavy atom. The van der Waals surface area contributed by atoms with Crippen LogP contribution in [0.4, 0.5) is 5.82 Å². The van der Waals surface area contributed by atoms with Crippen molar-refractivity contribution in [2.75, 3.05) is 18.9 Å². The van der Waals surface area contributed by atoms with Crippen molar-refractivity contribution < 1.29 is 9.53 Å². The number of anilines is 1. The lowest BCUT2D eigenvalue weighted by molar-refractivity contribution is 0.0859. The van der Waals surface area contributed by atoms with E-state index in [0.29, 0.717) is 28.7 Å². The topological polar surface area (TPSA) is 107 Å². The minimum absolute atomic E-state index is 0.0292. The molecule has 1 fully saturated rings. The Hall–Kier alpha value is -3.78. The third-order valence-electron chi connectivity index (χ3n) is 5.34. The maximum absolute atomic E-state index is 13.1. The first kappa shape index (κ1) is 19.2. The molecule has 0 bridgehead atoms. The highest BCUT2D eigenvalue weighted by Crippen LogP contribution is 2.28. The van der Waals surface area contributed by atoms with Crippen LogP contribution < -0.4 is 11.1 Å². The zero-order valence-electron chi connectivity index (χ0n) is 16.9. The maximum Gasteiger partial charge on any atom is 0.257 e. The molecule has 156 valence electrons. The van der Waals surface area contributed by atoms with Crippen molar-refractivity contribution in [2.45, 2.75) is 18.9 Å². The fourth-order valence-corrected chi connectivity index (χ4v) is 3.75. The second-order valence-corrected chi connectivity index (χ2v) is 7.46. The van der Waals surface area contributed by atoms with Gasteiger partial charge in [0.2, 0.25) is 0 Å². The summed E-state index contributed by atoms with van der Waals surface area (Å²) in [6, 6.07) is 17.2. The smallest absolute Gasteiger partial charge is 0.257 e. The molecule has 1 aliphatic heterocycles. The van der Waals surface area contributed by atoms with E-state index in [1.807, 2.05) is 54.6 Å². The van der Waals surface area contributed by atoms with E-state index < -0.39 is 0 Å². The molecule has 31 heavy (non-hydrogen) atoms. The maximum atomic E-state index is 13.1. The summed E-state index contributed by atoms with van der Waals surface area (Å²) in [6.45, 7) is 1.16. The van der Waals surface area contributed by atoms with Crippen LogP contribution in [-0.2, 0) is 4.74 Å². The summed E-state index contributed by atoms with van der Waals surface area (Å²) in [5.74, 6) is -0.112. The van der Waals surface area contributed by atoms with Gasteiger partial charge in [0.15, 0.2) is 5.65 Å². The number of benzene rings is 2. The summed E-state index contributed by atoms with van der Waals surface area (Å²) < 4.78 is 7.08. The summed E-state index contributed by atoms with van der Waals surface area (Å²) in [4.78, 5) is 22.5. The second kappa shape index (κ2) is 8.16. The van der Waals surface area contributed by atoms with Gasteiger partial charge < -0.3 is 15.8 Å². The highest BCUT2D eigenvalue weighted by Gasteiger charge is 2.25. The van der Waals surface area contributed by atoms with E-state index >= 15 is 0 Å². The molecular weight excluding hydrogens is 392 g/mol. The van der Waals surface area contributed by atoms with Crippen LogP contribution in [0.5, 0.6) is 0 Å². The first-order valence-electron chi connectivity index (χ1n) is 10.3. The van der Waals surface area contributed by atoms with Crippen molar-refractivity contribution >= 4 is 40.1 Å². The van der Waals surface area contributed by atoms with E-state index in [2.05, 4.69) is 15.4 Å². The molecule has 1 atom stereocenters. The summed E-state index contributed by atoms with van der Waals surface area (Å²) in [5.41, 5.74) is 9.83. The largest absolute Gasteiger partial charge is 0.383 e. The number of para-hydroxylation sites is 2. The lowest BCUT2D eigenvalue weighted by atomic mass is 10.2. The molecule has 3 N–H and O–H groups in total. The molecule has 4 aromatic rings. The summed E-state index contributed by atoms with van der Waals surface area (Å²) in [6.07, 6.45) is 3.65. The molecule has 2 aromatic carbocycles. The van der Waals surface area contributed by atoms with Crippen LogP contribution in [0.2, 0.25) is 0 Å². The van der Waals surface area contributed by atoms with Gasteiger partial charge in [0, 0.05) is 13.2 Å². The summed E-state index contributed by atoms with van der Waals surface area (Å²) >= 11 is 0. The molecule has 0 spiro atoms. The Balaban J connectivity index is 1.59. The Bertz CT molecular complexity index is 1280. The molecule has 2 aromatic heterocycles. The van der Waals surface area contributed by atoms with Gasteiger partial charge in [0.05, 0.1) is 23.4 Å². The van der Waals surface area contributed by atoms with Crippen molar-refractivity contribution in [1.29, 1.82) is 0 Å². The number of aromatic nitrogens is 3. The van der Waals surface area contributed by atoms with Crippen molar-refractivity contribution in [2.24, 2.45) is 5.10 Å². The molecule has 1 aliphatic rings.